The van der Waals surface area contributed by atoms with E-state index in [0.29, 0.717) is 38.3 Å². The second kappa shape index (κ2) is 10.6. The number of ether oxygens (including phenoxy) is 1. The Morgan fingerprint density at radius 1 is 1.16 bits per heavy atom. The van der Waals surface area contributed by atoms with E-state index in [2.05, 4.69) is 15.5 Å². The summed E-state index contributed by atoms with van der Waals surface area (Å²) < 4.78 is 8.01. The van der Waals surface area contributed by atoms with E-state index in [9.17, 15) is 4.79 Å². The van der Waals surface area contributed by atoms with Gasteiger partial charge in [-0.15, -0.1) is 10.2 Å². The number of amides is 1. The number of halogens is 3. The molecule has 164 valence electrons. The van der Waals surface area contributed by atoms with Crippen LogP contribution in [0.3, 0.4) is 0 Å². The number of nitrogens with zero attached hydrogens (tertiary/aromatic N) is 3. The van der Waals surface area contributed by atoms with Gasteiger partial charge in [-0.3, -0.25) is 4.79 Å². The van der Waals surface area contributed by atoms with E-state index < -0.39 is 0 Å². The maximum Gasteiger partial charge on any atom is 0.234 e. The molecule has 3 rings (SSSR count). The minimum Gasteiger partial charge on any atom is -0.482 e. The first-order chi connectivity index (χ1) is 14.8. The molecule has 6 nitrogen and oxygen atoms in total. The van der Waals surface area contributed by atoms with Crippen LogP contribution < -0.4 is 10.1 Å². The number of aryl methyl sites for hydroxylation is 1. The van der Waals surface area contributed by atoms with Crippen LogP contribution >= 0.6 is 46.6 Å². The molecule has 0 aliphatic rings. The summed E-state index contributed by atoms with van der Waals surface area (Å²) in [7, 11) is 0. The molecule has 2 aromatic carbocycles. The zero-order valence-corrected chi connectivity index (χ0v) is 20.2. The Morgan fingerprint density at radius 2 is 1.87 bits per heavy atom. The number of aromatic nitrogens is 3. The van der Waals surface area contributed by atoms with Gasteiger partial charge < -0.3 is 14.6 Å². The molecule has 0 saturated heterocycles. The third-order valence-corrected chi connectivity index (χ3v) is 6.15. The smallest absolute Gasteiger partial charge is 0.234 e. The number of nitrogens with one attached hydrogen (secondary N) is 1. The maximum atomic E-state index is 12.4. The minimum atomic E-state index is -0.330. The summed E-state index contributed by atoms with van der Waals surface area (Å²) >= 11 is 19.3. The first-order valence-corrected chi connectivity index (χ1v) is 11.6. The summed E-state index contributed by atoms with van der Waals surface area (Å²) in [5.74, 6) is 1.36. The SMILES string of the molecule is CCn1c(SCC(=O)Nc2ccc(Cl)cc2Cl)nnc1C(C)Oc1ccc(Cl)cc1C. The van der Waals surface area contributed by atoms with Crippen molar-refractivity contribution in [3.8, 4) is 5.75 Å². The Morgan fingerprint density at radius 3 is 2.55 bits per heavy atom. The third kappa shape index (κ3) is 6.07. The highest BCUT2D eigenvalue weighted by atomic mass is 35.5. The first kappa shape index (κ1) is 23.7. The lowest BCUT2D eigenvalue weighted by molar-refractivity contribution is -0.113. The van der Waals surface area contributed by atoms with Gasteiger partial charge in [0.15, 0.2) is 17.1 Å². The van der Waals surface area contributed by atoms with Gasteiger partial charge in [0.05, 0.1) is 16.5 Å². The van der Waals surface area contributed by atoms with Crippen LogP contribution in [0.5, 0.6) is 5.75 Å². The largest absolute Gasteiger partial charge is 0.482 e. The molecule has 0 aliphatic carbocycles. The normalized spacial score (nSPS) is 11.9. The second-order valence-corrected chi connectivity index (χ2v) is 8.94. The molecule has 10 heteroatoms. The number of rotatable bonds is 8. The lowest BCUT2D eigenvalue weighted by Crippen LogP contribution is -2.15. The van der Waals surface area contributed by atoms with Crippen molar-refractivity contribution < 1.29 is 9.53 Å². The Kier molecular flexibility index (Phi) is 8.11. The van der Waals surface area contributed by atoms with E-state index >= 15 is 0 Å². The first-order valence-electron chi connectivity index (χ1n) is 9.52. The van der Waals surface area contributed by atoms with Crippen molar-refractivity contribution in [1.82, 2.24) is 14.8 Å². The molecule has 0 spiro atoms. The lowest BCUT2D eigenvalue weighted by atomic mass is 10.2. The van der Waals surface area contributed by atoms with Gasteiger partial charge in [-0.05, 0) is 62.7 Å². The molecule has 0 aliphatic heterocycles. The van der Waals surface area contributed by atoms with E-state index in [0.717, 1.165) is 11.3 Å². The van der Waals surface area contributed by atoms with Gasteiger partial charge in [-0.2, -0.15) is 0 Å². The number of thioether (sulfide) groups is 1. The maximum absolute atomic E-state index is 12.4. The number of carbonyl (C=O) groups is 1. The number of anilines is 1. The van der Waals surface area contributed by atoms with Crippen LogP contribution in [0.15, 0.2) is 41.6 Å². The highest BCUT2D eigenvalue weighted by molar-refractivity contribution is 7.99. The summed E-state index contributed by atoms with van der Waals surface area (Å²) in [6, 6.07) is 10.4. The molecular formula is C21H21Cl3N4O2S. The molecule has 1 atom stereocenters. The van der Waals surface area contributed by atoms with Gasteiger partial charge in [0.25, 0.3) is 0 Å². The van der Waals surface area contributed by atoms with Crippen molar-refractivity contribution in [3.63, 3.8) is 0 Å². The van der Waals surface area contributed by atoms with Crippen molar-refractivity contribution in [3.05, 3.63) is 62.9 Å². The molecule has 1 aromatic heterocycles. The molecule has 1 amide bonds. The minimum absolute atomic E-state index is 0.155. The summed E-state index contributed by atoms with van der Waals surface area (Å²) in [4.78, 5) is 12.4. The van der Waals surface area contributed by atoms with Gasteiger partial charge in [0.1, 0.15) is 5.75 Å². The molecule has 1 unspecified atom stereocenters. The van der Waals surface area contributed by atoms with E-state index in [1.165, 1.54) is 11.8 Å². The number of benzene rings is 2. The van der Waals surface area contributed by atoms with Crippen LogP contribution in [-0.2, 0) is 11.3 Å². The number of carbonyl (C=O) groups excluding carboxylic acids is 1. The lowest BCUT2D eigenvalue weighted by Gasteiger charge is -2.17. The van der Waals surface area contributed by atoms with Crippen LogP contribution in [0.2, 0.25) is 15.1 Å². The van der Waals surface area contributed by atoms with Gasteiger partial charge >= 0.3 is 0 Å². The summed E-state index contributed by atoms with van der Waals surface area (Å²) in [5.41, 5.74) is 1.45. The van der Waals surface area contributed by atoms with Crippen LogP contribution in [-0.4, -0.2) is 26.4 Å². The molecule has 0 saturated carbocycles. The molecular weight excluding hydrogens is 479 g/mol. The number of hydrogen-bond acceptors (Lipinski definition) is 5. The Hall–Kier alpha value is -1.93. The van der Waals surface area contributed by atoms with E-state index in [-0.39, 0.29) is 17.8 Å². The van der Waals surface area contributed by atoms with Crippen molar-refractivity contribution in [1.29, 1.82) is 0 Å². The van der Waals surface area contributed by atoms with Crippen molar-refractivity contribution in [2.24, 2.45) is 0 Å². The molecule has 3 aromatic rings. The summed E-state index contributed by atoms with van der Waals surface area (Å²) in [6.45, 7) is 6.48. The fourth-order valence-corrected chi connectivity index (χ4v) is 4.39. The Bertz CT molecular complexity index is 1090. The second-order valence-electron chi connectivity index (χ2n) is 6.72. The standard InChI is InChI=1S/C21H21Cl3N4O2S/c1-4-28-20(13(3)30-18-8-6-14(22)9-12(18)2)26-27-21(28)31-11-19(29)25-17-7-5-15(23)10-16(17)24/h5-10,13H,4,11H2,1-3H3,(H,25,29). The molecule has 0 fully saturated rings. The van der Waals surface area contributed by atoms with Crippen LogP contribution in [0.25, 0.3) is 0 Å². The fourth-order valence-electron chi connectivity index (χ4n) is 2.90. The Labute approximate surface area is 200 Å². The van der Waals surface area contributed by atoms with E-state index in [4.69, 9.17) is 39.5 Å². The van der Waals surface area contributed by atoms with Crippen LogP contribution in [0.4, 0.5) is 5.69 Å². The molecule has 0 radical (unpaired) electrons. The quantitative estimate of drug-likeness (QED) is 0.361. The van der Waals surface area contributed by atoms with Gasteiger partial charge in [0, 0.05) is 16.6 Å². The monoisotopic (exact) mass is 498 g/mol. The van der Waals surface area contributed by atoms with Crippen molar-refractivity contribution in [2.45, 2.75) is 38.6 Å². The van der Waals surface area contributed by atoms with Gasteiger partial charge in [0.2, 0.25) is 5.91 Å². The van der Waals surface area contributed by atoms with Crippen LogP contribution in [0.1, 0.15) is 31.3 Å². The van der Waals surface area contributed by atoms with Crippen molar-refractivity contribution >= 4 is 58.2 Å². The molecule has 0 bridgehead atoms. The molecule has 31 heavy (non-hydrogen) atoms. The van der Waals surface area contributed by atoms with Crippen LogP contribution in [0, 0.1) is 6.92 Å². The Balaban J connectivity index is 1.65. The van der Waals surface area contributed by atoms with Gasteiger partial charge in [-0.1, -0.05) is 46.6 Å². The third-order valence-electron chi connectivity index (χ3n) is 4.40. The van der Waals surface area contributed by atoms with Gasteiger partial charge in [-0.25, -0.2) is 0 Å². The molecule has 1 N–H and O–H groups in total. The summed E-state index contributed by atoms with van der Waals surface area (Å²) in [5, 5.41) is 13.5. The van der Waals surface area contributed by atoms with E-state index in [1.54, 1.807) is 24.3 Å². The predicted molar refractivity (Wildman–Crippen MR) is 127 cm³/mol. The molecule has 1 heterocycles. The highest BCUT2D eigenvalue weighted by Gasteiger charge is 2.20. The number of hydrogen-bond donors (Lipinski definition) is 1. The predicted octanol–water partition coefficient (Wildman–Crippen LogP) is 6.44. The fraction of sp³-hybridized carbons (Fsp3) is 0.286. The average molecular weight is 500 g/mol. The highest BCUT2D eigenvalue weighted by Crippen LogP contribution is 2.29. The zero-order chi connectivity index (χ0) is 22.5. The van der Waals surface area contributed by atoms with E-state index in [1.807, 2.05) is 37.5 Å². The zero-order valence-electron chi connectivity index (χ0n) is 17.2. The average Bonchev–Trinajstić information content (AvgIpc) is 3.13. The van der Waals surface area contributed by atoms with Crippen molar-refractivity contribution in [2.75, 3.05) is 11.1 Å². The summed E-state index contributed by atoms with van der Waals surface area (Å²) in [6.07, 6.45) is -0.330. The topological polar surface area (TPSA) is 69.0 Å².